The van der Waals surface area contributed by atoms with Crippen LogP contribution in [0, 0.1) is 0 Å². The van der Waals surface area contributed by atoms with Gasteiger partial charge in [-0.1, -0.05) is 18.2 Å². The highest BCUT2D eigenvalue weighted by atomic mass is 15.2. The first-order valence-corrected chi connectivity index (χ1v) is 6.50. The molecule has 0 spiro atoms. The summed E-state index contributed by atoms with van der Waals surface area (Å²) in [6.07, 6.45) is 4.62. The normalized spacial score (nSPS) is 13.4. The largest absolute Gasteiger partial charge is 0.368 e. The average molecular weight is 255 g/mol. The minimum atomic E-state index is 0.586. The Morgan fingerprint density at radius 2 is 2.11 bits per heavy atom. The molecule has 0 bridgehead atoms. The van der Waals surface area contributed by atoms with Gasteiger partial charge >= 0.3 is 0 Å². The maximum Gasteiger partial charge on any atom is 0.151 e. The first kappa shape index (κ1) is 11.9. The molecule has 2 heterocycles. The van der Waals surface area contributed by atoms with E-state index in [0.29, 0.717) is 13.1 Å². The summed E-state index contributed by atoms with van der Waals surface area (Å²) in [6.45, 7) is 2.26. The van der Waals surface area contributed by atoms with Crippen LogP contribution >= 0.6 is 0 Å². The second kappa shape index (κ2) is 5.24. The Balaban J connectivity index is 1.80. The lowest BCUT2D eigenvalue weighted by Gasteiger charge is -2.18. The van der Waals surface area contributed by atoms with Crippen LogP contribution in [0.15, 0.2) is 36.7 Å². The molecule has 5 heteroatoms. The second-order valence-corrected chi connectivity index (χ2v) is 4.51. The third kappa shape index (κ3) is 2.37. The number of rotatable bonds is 4. The van der Waals surface area contributed by atoms with E-state index in [4.69, 9.17) is 5.73 Å². The quantitative estimate of drug-likeness (QED) is 0.867. The highest BCUT2D eigenvalue weighted by molar-refractivity contribution is 5.67. The number of nitrogens with one attached hydrogen (secondary N) is 1. The fourth-order valence-corrected chi connectivity index (χ4v) is 2.33. The predicted molar refractivity (Wildman–Crippen MR) is 76.7 cm³/mol. The van der Waals surface area contributed by atoms with Crippen molar-refractivity contribution in [3.63, 3.8) is 0 Å². The molecule has 1 aromatic carbocycles. The summed E-state index contributed by atoms with van der Waals surface area (Å²) < 4.78 is 0. The van der Waals surface area contributed by atoms with E-state index in [9.17, 15) is 0 Å². The highest BCUT2D eigenvalue weighted by Crippen LogP contribution is 2.32. The van der Waals surface area contributed by atoms with Gasteiger partial charge in [0, 0.05) is 25.3 Å². The van der Waals surface area contributed by atoms with E-state index in [2.05, 4.69) is 44.5 Å². The van der Waals surface area contributed by atoms with Crippen LogP contribution in [0.3, 0.4) is 0 Å². The van der Waals surface area contributed by atoms with Gasteiger partial charge in [-0.3, -0.25) is 0 Å². The van der Waals surface area contributed by atoms with Gasteiger partial charge in [0.2, 0.25) is 0 Å². The van der Waals surface area contributed by atoms with Gasteiger partial charge in [0.05, 0.1) is 12.4 Å². The van der Waals surface area contributed by atoms with Crippen LogP contribution < -0.4 is 16.0 Å². The van der Waals surface area contributed by atoms with Gasteiger partial charge in [-0.15, -0.1) is 0 Å². The summed E-state index contributed by atoms with van der Waals surface area (Å²) >= 11 is 0. The Hall–Kier alpha value is -2.14. The van der Waals surface area contributed by atoms with Crippen molar-refractivity contribution in [3.8, 4) is 0 Å². The monoisotopic (exact) mass is 255 g/mol. The van der Waals surface area contributed by atoms with Crippen molar-refractivity contribution in [3.05, 3.63) is 42.2 Å². The van der Waals surface area contributed by atoms with E-state index in [0.717, 1.165) is 24.6 Å². The molecule has 1 aliphatic heterocycles. The summed E-state index contributed by atoms with van der Waals surface area (Å²) in [7, 11) is 0. The summed E-state index contributed by atoms with van der Waals surface area (Å²) in [5.41, 5.74) is 8.05. The SMILES string of the molecule is NCCNc1cnc(N2CCc3ccccc32)cn1. The molecule has 98 valence electrons. The number of fused-ring (bicyclic) bond motifs is 1. The minimum absolute atomic E-state index is 0.586. The van der Waals surface area contributed by atoms with Gasteiger partial charge in [-0.05, 0) is 18.1 Å². The summed E-state index contributed by atoms with van der Waals surface area (Å²) in [6, 6.07) is 8.43. The molecule has 0 amide bonds. The van der Waals surface area contributed by atoms with Crippen molar-refractivity contribution in [2.75, 3.05) is 29.9 Å². The Bertz CT molecular complexity index is 552. The number of hydrogen-bond donors (Lipinski definition) is 2. The Labute approximate surface area is 112 Å². The molecule has 0 saturated carbocycles. The molecule has 3 rings (SSSR count). The third-order valence-corrected chi connectivity index (χ3v) is 3.25. The smallest absolute Gasteiger partial charge is 0.151 e. The van der Waals surface area contributed by atoms with E-state index >= 15 is 0 Å². The lowest BCUT2D eigenvalue weighted by Crippen LogP contribution is -2.16. The molecule has 1 aliphatic rings. The van der Waals surface area contributed by atoms with Crippen molar-refractivity contribution in [2.24, 2.45) is 5.73 Å². The summed E-state index contributed by atoms with van der Waals surface area (Å²) in [5.74, 6) is 1.66. The van der Waals surface area contributed by atoms with Crippen LogP contribution in [0.25, 0.3) is 0 Å². The molecule has 0 aliphatic carbocycles. The number of anilines is 3. The second-order valence-electron chi connectivity index (χ2n) is 4.51. The van der Waals surface area contributed by atoms with Crippen molar-refractivity contribution in [2.45, 2.75) is 6.42 Å². The van der Waals surface area contributed by atoms with E-state index in [1.54, 1.807) is 12.4 Å². The number of hydrogen-bond acceptors (Lipinski definition) is 5. The first-order valence-electron chi connectivity index (χ1n) is 6.50. The van der Waals surface area contributed by atoms with E-state index in [-0.39, 0.29) is 0 Å². The predicted octanol–water partition coefficient (Wildman–Crippen LogP) is 1.54. The molecule has 1 aromatic heterocycles. The number of nitrogens with zero attached hydrogens (tertiary/aromatic N) is 3. The van der Waals surface area contributed by atoms with Crippen LogP contribution in [-0.4, -0.2) is 29.6 Å². The van der Waals surface area contributed by atoms with Crippen molar-refractivity contribution in [1.29, 1.82) is 0 Å². The zero-order chi connectivity index (χ0) is 13.1. The van der Waals surface area contributed by atoms with Crippen LogP contribution in [0.2, 0.25) is 0 Å². The van der Waals surface area contributed by atoms with E-state index < -0.39 is 0 Å². The summed E-state index contributed by atoms with van der Waals surface area (Å²) in [5, 5.41) is 3.11. The zero-order valence-electron chi connectivity index (χ0n) is 10.7. The lowest BCUT2D eigenvalue weighted by atomic mass is 10.2. The molecule has 0 unspecified atom stereocenters. The fraction of sp³-hybridized carbons (Fsp3) is 0.286. The fourth-order valence-electron chi connectivity index (χ4n) is 2.33. The van der Waals surface area contributed by atoms with Crippen molar-refractivity contribution >= 4 is 17.3 Å². The molecule has 0 atom stereocenters. The Morgan fingerprint density at radius 3 is 2.89 bits per heavy atom. The maximum atomic E-state index is 5.44. The van der Waals surface area contributed by atoms with Crippen molar-refractivity contribution < 1.29 is 0 Å². The standard InChI is InChI=1S/C14H17N5/c15-6-7-16-13-9-18-14(10-17-13)19-8-5-11-3-1-2-4-12(11)19/h1-4,9-10H,5-8,15H2,(H,16,17). The van der Waals surface area contributed by atoms with Gasteiger partial charge in [-0.2, -0.15) is 0 Å². The molecule has 0 radical (unpaired) electrons. The summed E-state index contributed by atoms with van der Waals surface area (Å²) in [4.78, 5) is 11.0. The Morgan fingerprint density at radius 1 is 1.21 bits per heavy atom. The minimum Gasteiger partial charge on any atom is -0.368 e. The molecule has 0 fully saturated rings. The number of benzene rings is 1. The van der Waals surface area contributed by atoms with Gasteiger partial charge < -0.3 is 16.0 Å². The molecule has 5 nitrogen and oxygen atoms in total. The van der Waals surface area contributed by atoms with Crippen LogP contribution in [0.1, 0.15) is 5.56 Å². The molecular formula is C14H17N5. The van der Waals surface area contributed by atoms with Crippen LogP contribution in [-0.2, 0) is 6.42 Å². The molecule has 19 heavy (non-hydrogen) atoms. The van der Waals surface area contributed by atoms with Crippen LogP contribution in [0.4, 0.5) is 17.3 Å². The topological polar surface area (TPSA) is 67.1 Å². The molecular weight excluding hydrogens is 238 g/mol. The third-order valence-electron chi connectivity index (χ3n) is 3.25. The molecule has 3 N–H and O–H groups in total. The maximum absolute atomic E-state index is 5.44. The highest BCUT2D eigenvalue weighted by Gasteiger charge is 2.20. The van der Waals surface area contributed by atoms with E-state index in [1.807, 2.05) is 0 Å². The molecule has 0 saturated heterocycles. The van der Waals surface area contributed by atoms with Gasteiger partial charge in [0.25, 0.3) is 0 Å². The number of nitrogens with two attached hydrogens (primary N) is 1. The number of aromatic nitrogens is 2. The lowest BCUT2D eigenvalue weighted by molar-refractivity contribution is 0.957. The van der Waals surface area contributed by atoms with Gasteiger partial charge in [0.1, 0.15) is 5.82 Å². The molecule has 2 aromatic rings. The Kier molecular flexibility index (Phi) is 3.29. The van der Waals surface area contributed by atoms with E-state index in [1.165, 1.54) is 11.3 Å². The first-order chi connectivity index (χ1) is 9.38. The van der Waals surface area contributed by atoms with Crippen molar-refractivity contribution in [1.82, 2.24) is 9.97 Å². The zero-order valence-corrected chi connectivity index (χ0v) is 10.7. The average Bonchev–Trinajstić information content (AvgIpc) is 2.90. The van der Waals surface area contributed by atoms with Gasteiger partial charge in [0.15, 0.2) is 5.82 Å². The number of para-hydroxylation sites is 1. The van der Waals surface area contributed by atoms with Gasteiger partial charge in [-0.25, -0.2) is 9.97 Å². The van der Waals surface area contributed by atoms with Crippen LogP contribution in [0.5, 0.6) is 0 Å².